The fourth-order valence-electron chi connectivity index (χ4n) is 4.51. The molecule has 3 heteroatoms. The molecule has 0 aromatic rings. The van der Waals surface area contributed by atoms with Gasteiger partial charge in [-0.3, -0.25) is 4.79 Å². The van der Waals surface area contributed by atoms with Crippen LogP contribution in [-0.4, -0.2) is 23.2 Å². The van der Waals surface area contributed by atoms with Crippen LogP contribution >= 0.6 is 0 Å². The molecule has 0 aliphatic heterocycles. The van der Waals surface area contributed by atoms with Crippen LogP contribution in [0, 0.1) is 29.1 Å². The highest BCUT2D eigenvalue weighted by Crippen LogP contribution is 2.45. The lowest BCUT2D eigenvalue weighted by Gasteiger charge is -2.48. The van der Waals surface area contributed by atoms with Gasteiger partial charge in [0.1, 0.15) is 0 Å². The Morgan fingerprint density at radius 1 is 1.05 bits per heavy atom. The van der Waals surface area contributed by atoms with Crippen molar-refractivity contribution in [2.24, 2.45) is 29.1 Å². The van der Waals surface area contributed by atoms with Gasteiger partial charge in [0.15, 0.2) is 0 Å². The van der Waals surface area contributed by atoms with E-state index in [1.165, 1.54) is 19.3 Å². The number of rotatable bonds is 3. The summed E-state index contributed by atoms with van der Waals surface area (Å²) >= 11 is 0. The summed E-state index contributed by atoms with van der Waals surface area (Å²) in [4.78, 5) is 11.5. The number of carboxylic acid groups (broad SMARTS) is 1. The summed E-state index contributed by atoms with van der Waals surface area (Å²) in [5.41, 5.74) is -0.134. The van der Waals surface area contributed by atoms with Gasteiger partial charge in [0.05, 0.1) is 5.92 Å². The number of carbonyl (C=O) groups is 1. The molecule has 0 heterocycles. The molecule has 0 radical (unpaired) electrons. The summed E-state index contributed by atoms with van der Waals surface area (Å²) in [6.07, 6.45) is 5.75. The highest BCUT2D eigenvalue weighted by molar-refractivity contribution is 5.71. The van der Waals surface area contributed by atoms with Crippen LogP contribution in [0.5, 0.6) is 0 Å². The minimum Gasteiger partial charge on any atom is -0.481 e. The van der Waals surface area contributed by atoms with E-state index in [2.05, 4.69) is 39.9 Å². The lowest BCUT2D eigenvalue weighted by Crippen LogP contribution is -2.55. The molecule has 0 amide bonds. The van der Waals surface area contributed by atoms with Gasteiger partial charge in [-0.2, -0.15) is 0 Å². The lowest BCUT2D eigenvalue weighted by atomic mass is 9.60. The molecule has 2 fully saturated rings. The Bertz CT molecular complexity index is 379. The summed E-state index contributed by atoms with van der Waals surface area (Å²) in [5, 5.41) is 13.4. The average Bonchev–Trinajstić information content (AvgIpc) is 2.38. The maximum absolute atomic E-state index is 11.5. The van der Waals surface area contributed by atoms with Crippen LogP contribution in [-0.2, 0) is 4.79 Å². The van der Waals surface area contributed by atoms with Crippen molar-refractivity contribution in [1.82, 2.24) is 5.32 Å². The van der Waals surface area contributed by atoms with Crippen molar-refractivity contribution in [2.75, 3.05) is 0 Å². The minimum atomic E-state index is -0.620. The zero-order chi connectivity index (χ0) is 15.8. The van der Waals surface area contributed by atoms with Crippen molar-refractivity contribution < 1.29 is 9.90 Å². The zero-order valence-electron chi connectivity index (χ0n) is 14.4. The predicted octanol–water partition coefficient (Wildman–Crippen LogP) is 3.93. The Kier molecular flexibility index (Phi) is 5.02. The lowest BCUT2D eigenvalue weighted by molar-refractivity contribution is -0.150. The van der Waals surface area contributed by atoms with Gasteiger partial charge in [0, 0.05) is 12.1 Å². The third-order valence-electron chi connectivity index (χ3n) is 6.63. The summed E-state index contributed by atoms with van der Waals surface area (Å²) in [6.45, 7) is 11.2. The van der Waals surface area contributed by atoms with Gasteiger partial charge in [-0.1, -0.05) is 41.0 Å². The van der Waals surface area contributed by atoms with Crippen LogP contribution < -0.4 is 5.32 Å². The largest absolute Gasteiger partial charge is 0.481 e. The van der Waals surface area contributed by atoms with E-state index >= 15 is 0 Å². The van der Waals surface area contributed by atoms with Crippen LogP contribution in [0.4, 0.5) is 0 Å². The first-order valence-electron chi connectivity index (χ1n) is 8.72. The van der Waals surface area contributed by atoms with E-state index in [9.17, 15) is 9.90 Å². The standard InChI is InChI=1S/C18H33NO2/c1-11-6-7-12(2)16(10-11)19-15-9-8-14(17(20)21)18(4,5)13(15)3/h11-16,19H,6-10H2,1-5H3,(H,20,21). The van der Waals surface area contributed by atoms with E-state index in [-0.39, 0.29) is 11.3 Å². The molecule has 2 aliphatic carbocycles. The minimum absolute atomic E-state index is 0.134. The van der Waals surface area contributed by atoms with Crippen LogP contribution in [0.25, 0.3) is 0 Å². The van der Waals surface area contributed by atoms with Gasteiger partial charge in [0.2, 0.25) is 0 Å². The molecule has 6 unspecified atom stereocenters. The van der Waals surface area contributed by atoms with E-state index in [1.54, 1.807) is 0 Å². The van der Waals surface area contributed by atoms with Crippen molar-refractivity contribution in [1.29, 1.82) is 0 Å². The molecule has 0 saturated heterocycles. The molecule has 0 aromatic heterocycles. The van der Waals surface area contributed by atoms with Gasteiger partial charge < -0.3 is 10.4 Å². The maximum Gasteiger partial charge on any atom is 0.307 e. The van der Waals surface area contributed by atoms with Crippen LogP contribution in [0.1, 0.15) is 66.7 Å². The monoisotopic (exact) mass is 295 g/mol. The van der Waals surface area contributed by atoms with Crippen LogP contribution in [0.15, 0.2) is 0 Å². The Hall–Kier alpha value is -0.570. The topological polar surface area (TPSA) is 49.3 Å². The zero-order valence-corrected chi connectivity index (χ0v) is 14.4. The van der Waals surface area contributed by atoms with E-state index in [0.717, 1.165) is 24.7 Å². The number of nitrogens with one attached hydrogen (secondary N) is 1. The number of aliphatic carboxylic acids is 1. The molecule has 2 N–H and O–H groups in total. The third-order valence-corrected chi connectivity index (χ3v) is 6.63. The molecule has 0 aromatic carbocycles. The van der Waals surface area contributed by atoms with Crippen molar-refractivity contribution >= 4 is 5.97 Å². The maximum atomic E-state index is 11.5. The first kappa shape index (κ1) is 16.8. The van der Waals surface area contributed by atoms with E-state index < -0.39 is 5.97 Å². The SMILES string of the molecule is CC1CCC(C)C(NC2CCC(C(=O)O)C(C)(C)C2C)C1. The molecular weight excluding hydrogens is 262 g/mol. The van der Waals surface area contributed by atoms with Crippen molar-refractivity contribution in [3.63, 3.8) is 0 Å². The second-order valence-electron chi connectivity index (χ2n) is 8.35. The summed E-state index contributed by atoms with van der Waals surface area (Å²) in [6, 6.07) is 1.08. The first-order valence-corrected chi connectivity index (χ1v) is 8.72. The smallest absolute Gasteiger partial charge is 0.307 e. The molecule has 0 bridgehead atoms. The Balaban J connectivity index is 2.03. The Morgan fingerprint density at radius 3 is 2.33 bits per heavy atom. The highest BCUT2D eigenvalue weighted by atomic mass is 16.4. The van der Waals surface area contributed by atoms with E-state index in [4.69, 9.17) is 0 Å². The first-order chi connectivity index (χ1) is 9.73. The van der Waals surface area contributed by atoms with Crippen LogP contribution in [0.3, 0.4) is 0 Å². The molecule has 2 rings (SSSR count). The molecule has 122 valence electrons. The Labute approximate surface area is 129 Å². The average molecular weight is 295 g/mol. The molecule has 2 aliphatic rings. The molecule has 2 saturated carbocycles. The molecule has 6 atom stereocenters. The highest BCUT2D eigenvalue weighted by Gasteiger charge is 2.46. The number of hydrogen-bond donors (Lipinski definition) is 2. The van der Waals surface area contributed by atoms with Gasteiger partial charge in [0.25, 0.3) is 0 Å². The molecule has 0 spiro atoms. The van der Waals surface area contributed by atoms with Crippen LogP contribution in [0.2, 0.25) is 0 Å². The van der Waals surface area contributed by atoms with E-state index in [0.29, 0.717) is 18.0 Å². The summed E-state index contributed by atoms with van der Waals surface area (Å²) < 4.78 is 0. The second kappa shape index (κ2) is 6.28. The number of carboxylic acids is 1. The molecule has 21 heavy (non-hydrogen) atoms. The molecular formula is C18H33NO2. The normalized spacial score (nSPS) is 43.5. The summed E-state index contributed by atoms with van der Waals surface area (Å²) in [5.74, 6) is 1.14. The number of hydrogen-bond acceptors (Lipinski definition) is 2. The van der Waals surface area contributed by atoms with Gasteiger partial charge >= 0.3 is 5.97 Å². The fraction of sp³-hybridized carbons (Fsp3) is 0.944. The van der Waals surface area contributed by atoms with Gasteiger partial charge in [-0.15, -0.1) is 0 Å². The van der Waals surface area contributed by atoms with Gasteiger partial charge in [-0.25, -0.2) is 0 Å². The second-order valence-corrected chi connectivity index (χ2v) is 8.35. The fourth-order valence-corrected chi connectivity index (χ4v) is 4.51. The Morgan fingerprint density at radius 2 is 1.71 bits per heavy atom. The predicted molar refractivity (Wildman–Crippen MR) is 86.2 cm³/mol. The van der Waals surface area contributed by atoms with Crippen molar-refractivity contribution in [2.45, 2.75) is 78.8 Å². The summed E-state index contributed by atoms with van der Waals surface area (Å²) in [7, 11) is 0. The molecule has 3 nitrogen and oxygen atoms in total. The van der Waals surface area contributed by atoms with Crippen molar-refractivity contribution in [3.8, 4) is 0 Å². The van der Waals surface area contributed by atoms with Crippen molar-refractivity contribution in [3.05, 3.63) is 0 Å². The van der Waals surface area contributed by atoms with Gasteiger partial charge in [-0.05, 0) is 48.9 Å². The third kappa shape index (κ3) is 3.44. The quantitative estimate of drug-likeness (QED) is 0.829. The van der Waals surface area contributed by atoms with E-state index in [1.807, 2.05) is 0 Å².